The lowest BCUT2D eigenvalue weighted by molar-refractivity contribution is -0.384. The molecule has 0 unspecified atom stereocenters. The number of non-ortho nitro benzene ring substituents is 1. The first-order valence-electron chi connectivity index (χ1n) is 5.43. The Kier molecular flexibility index (Phi) is 4.59. The lowest BCUT2D eigenvalue weighted by atomic mass is 10.1. The zero-order valence-corrected chi connectivity index (χ0v) is 10.3. The lowest BCUT2D eigenvalue weighted by Gasteiger charge is -2.17. The van der Waals surface area contributed by atoms with Crippen LogP contribution in [0.5, 0.6) is 5.75 Å². The Morgan fingerprint density at radius 1 is 1.40 bits per heavy atom. The van der Waals surface area contributed by atoms with Gasteiger partial charge in [-0.3, -0.25) is 14.9 Å². The predicted octanol–water partition coefficient (Wildman–Crippen LogP) is -0.136. The summed E-state index contributed by atoms with van der Waals surface area (Å²) in [5.74, 6) is -3.08. The number of nitrogens with one attached hydrogen (secondary N) is 1. The number of nitro benzene ring substituents is 1. The van der Waals surface area contributed by atoms with E-state index in [9.17, 15) is 29.9 Å². The van der Waals surface area contributed by atoms with Gasteiger partial charge in [-0.1, -0.05) is 0 Å². The lowest BCUT2D eigenvalue weighted by Crippen LogP contribution is -2.47. The molecule has 0 bridgehead atoms. The molecule has 2 atom stereocenters. The van der Waals surface area contributed by atoms with Crippen LogP contribution < -0.4 is 5.32 Å². The highest BCUT2D eigenvalue weighted by Crippen LogP contribution is 2.23. The average molecular weight is 284 g/mol. The second-order valence-electron chi connectivity index (χ2n) is 3.99. The highest BCUT2D eigenvalue weighted by Gasteiger charge is 2.26. The maximum absolute atomic E-state index is 11.8. The van der Waals surface area contributed by atoms with E-state index in [2.05, 4.69) is 0 Å². The highest BCUT2D eigenvalue weighted by molar-refractivity contribution is 5.99. The van der Waals surface area contributed by atoms with Gasteiger partial charge in [0.2, 0.25) is 0 Å². The van der Waals surface area contributed by atoms with Crippen LogP contribution >= 0.6 is 0 Å². The molecule has 0 aromatic heterocycles. The number of hydrogen-bond donors (Lipinski definition) is 4. The van der Waals surface area contributed by atoms with Crippen LogP contribution in [0.3, 0.4) is 0 Å². The van der Waals surface area contributed by atoms with Crippen molar-refractivity contribution in [2.75, 3.05) is 0 Å². The molecular weight excluding hydrogens is 272 g/mol. The molecule has 0 fully saturated rings. The molecule has 0 aliphatic heterocycles. The minimum Gasteiger partial charge on any atom is -0.507 e. The number of aliphatic hydroxyl groups excluding tert-OH is 1. The number of aliphatic hydroxyl groups is 1. The number of rotatable bonds is 5. The Morgan fingerprint density at radius 3 is 2.40 bits per heavy atom. The number of phenols is 1. The van der Waals surface area contributed by atoms with Crippen LogP contribution in [-0.4, -0.2) is 44.3 Å². The number of carbonyl (C=O) groups is 2. The van der Waals surface area contributed by atoms with E-state index in [0.717, 1.165) is 18.2 Å². The topological polar surface area (TPSA) is 150 Å². The summed E-state index contributed by atoms with van der Waals surface area (Å²) >= 11 is 0. The van der Waals surface area contributed by atoms with Crippen LogP contribution in [0.15, 0.2) is 18.2 Å². The first-order chi connectivity index (χ1) is 9.23. The van der Waals surface area contributed by atoms with Gasteiger partial charge in [0.1, 0.15) is 5.75 Å². The van der Waals surface area contributed by atoms with E-state index >= 15 is 0 Å². The van der Waals surface area contributed by atoms with Gasteiger partial charge < -0.3 is 20.6 Å². The number of amides is 1. The SMILES string of the molecule is C[C@@H](O)[C@H](NC(=O)c1ccc([N+](=O)[O-])cc1O)C(=O)O. The number of nitro groups is 1. The van der Waals surface area contributed by atoms with Crippen molar-refractivity contribution >= 4 is 17.6 Å². The van der Waals surface area contributed by atoms with Gasteiger partial charge in [0.15, 0.2) is 6.04 Å². The van der Waals surface area contributed by atoms with Crippen LogP contribution in [0.1, 0.15) is 17.3 Å². The Labute approximate surface area is 112 Å². The minimum atomic E-state index is -1.56. The number of carboxylic acid groups (broad SMARTS) is 1. The number of hydrogen-bond acceptors (Lipinski definition) is 6. The summed E-state index contributed by atoms with van der Waals surface area (Å²) in [7, 11) is 0. The molecule has 1 aromatic carbocycles. The summed E-state index contributed by atoms with van der Waals surface area (Å²) in [5.41, 5.74) is -0.744. The molecule has 4 N–H and O–H groups in total. The van der Waals surface area contributed by atoms with E-state index in [0.29, 0.717) is 0 Å². The van der Waals surface area contributed by atoms with Crippen LogP contribution in [0, 0.1) is 10.1 Å². The molecule has 9 nitrogen and oxygen atoms in total. The van der Waals surface area contributed by atoms with Gasteiger partial charge in [-0.2, -0.15) is 0 Å². The molecule has 0 spiro atoms. The zero-order valence-electron chi connectivity index (χ0n) is 10.3. The van der Waals surface area contributed by atoms with Gasteiger partial charge in [0.25, 0.3) is 11.6 Å². The second-order valence-corrected chi connectivity index (χ2v) is 3.99. The minimum absolute atomic E-state index is 0.331. The van der Waals surface area contributed by atoms with Gasteiger partial charge in [-0.05, 0) is 13.0 Å². The maximum atomic E-state index is 11.8. The fourth-order valence-electron chi connectivity index (χ4n) is 1.43. The van der Waals surface area contributed by atoms with Crippen molar-refractivity contribution in [3.63, 3.8) is 0 Å². The number of aromatic hydroxyl groups is 1. The Bertz CT molecular complexity index is 556. The van der Waals surface area contributed by atoms with E-state index < -0.39 is 40.4 Å². The summed E-state index contributed by atoms with van der Waals surface area (Å²) in [6.45, 7) is 1.18. The molecule has 1 rings (SSSR count). The molecule has 0 aliphatic rings. The Hall–Kier alpha value is -2.68. The third kappa shape index (κ3) is 3.42. The molecule has 0 radical (unpaired) electrons. The Balaban J connectivity index is 2.98. The molecule has 1 amide bonds. The molecule has 20 heavy (non-hydrogen) atoms. The number of benzene rings is 1. The smallest absolute Gasteiger partial charge is 0.328 e. The monoisotopic (exact) mass is 284 g/mol. The number of carboxylic acids is 1. The highest BCUT2D eigenvalue weighted by atomic mass is 16.6. The first kappa shape index (κ1) is 15.4. The van der Waals surface area contributed by atoms with Crippen molar-refractivity contribution in [1.29, 1.82) is 0 Å². The zero-order chi connectivity index (χ0) is 15.4. The van der Waals surface area contributed by atoms with Gasteiger partial charge in [-0.25, -0.2) is 4.79 Å². The molecule has 0 aliphatic carbocycles. The third-order valence-electron chi connectivity index (χ3n) is 2.47. The Morgan fingerprint density at radius 2 is 2.00 bits per heavy atom. The molecule has 108 valence electrons. The summed E-state index contributed by atoms with van der Waals surface area (Å²) in [6.07, 6.45) is -1.35. The van der Waals surface area contributed by atoms with E-state index in [1.54, 1.807) is 0 Å². The summed E-state index contributed by atoms with van der Waals surface area (Å²) in [6, 6.07) is 1.20. The van der Waals surface area contributed by atoms with Crippen molar-refractivity contribution in [2.24, 2.45) is 0 Å². The van der Waals surface area contributed by atoms with Crippen molar-refractivity contribution in [2.45, 2.75) is 19.1 Å². The first-order valence-corrected chi connectivity index (χ1v) is 5.43. The molecule has 1 aromatic rings. The van der Waals surface area contributed by atoms with Gasteiger partial charge in [0, 0.05) is 6.07 Å². The maximum Gasteiger partial charge on any atom is 0.328 e. The number of phenolic OH excluding ortho intramolecular Hbond substituents is 1. The molecule has 9 heteroatoms. The van der Waals surface area contributed by atoms with Gasteiger partial charge in [0.05, 0.1) is 22.7 Å². The fraction of sp³-hybridized carbons (Fsp3) is 0.273. The predicted molar refractivity (Wildman–Crippen MR) is 65.3 cm³/mol. The van der Waals surface area contributed by atoms with E-state index in [1.807, 2.05) is 5.32 Å². The van der Waals surface area contributed by atoms with Crippen LogP contribution in [0.2, 0.25) is 0 Å². The van der Waals surface area contributed by atoms with Crippen molar-refractivity contribution in [1.82, 2.24) is 5.32 Å². The standard InChI is InChI=1S/C11H12N2O7/c1-5(14)9(11(17)18)12-10(16)7-3-2-6(13(19)20)4-8(7)15/h2-5,9,14-15H,1H3,(H,12,16)(H,17,18)/t5-,9+/m1/s1. The average Bonchev–Trinajstić information content (AvgIpc) is 2.34. The third-order valence-corrected chi connectivity index (χ3v) is 2.47. The number of carbonyl (C=O) groups excluding carboxylic acids is 1. The second kappa shape index (κ2) is 5.97. The largest absolute Gasteiger partial charge is 0.507 e. The van der Waals surface area contributed by atoms with Crippen molar-refractivity contribution in [3.8, 4) is 5.75 Å². The number of aliphatic carboxylic acids is 1. The van der Waals surface area contributed by atoms with E-state index in [-0.39, 0.29) is 5.56 Å². The van der Waals surface area contributed by atoms with E-state index in [1.165, 1.54) is 6.92 Å². The van der Waals surface area contributed by atoms with Gasteiger partial charge >= 0.3 is 5.97 Å². The van der Waals surface area contributed by atoms with Crippen molar-refractivity contribution < 1.29 is 29.8 Å². The van der Waals surface area contributed by atoms with Crippen LogP contribution in [0.25, 0.3) is 0 Å². The molecular formula is C11H12N2O7. The van der Waals surface area contributed by atoms with Crippen LogP contribution in [-0.2, 0) is 4.79 Å². The van der Waals surface area contributed by atoms with Crippen LogP contribution in [0.4, 0.5) is 5.69 Å². The normalized spacial score (nSPS) is 13.3. The summed E-state index contributed by atoms with van der Waals surface area (Å²) in [4.78, 5) is 32.3. The fourth-order valence-corrected chi connectivity index (χ4v) is 1.43. The quantitative estimate of drug-likeness (QED) is 0.434. The summed E-state index contributed by atoms with van der Waals surface area (Å²) in [5, 5.41) is 40.0. The number of nitrogens with zero attached hydrogens (tertiary/aromatic N) is 1. The van der Waals surface area contributed by atoms with Crippen molar-refractivity contribution in [3.05, 3.63) is 33.9 Å². The summed E-state index contributed by atoms with van der Waals surface area (Å²) < 4.78 is 0. The molecule has 0 saturated carbocycles. The molecule has 0 heterocycles. The van der Waals surface area contributed by atoms with Gasteiger partial charge in [-0.15, -0.1) is 0 Å². The molecule has 0 saturated heterocycles. The van der Waals surface area contributed by atoms with E-state index in [4.69, 9.17) is 5.11 Å².